The number of carbonyl (C=O) groups is 1. The highest BCUT2D eigenvalue weighted by atomic mass is 16.6. The molecular weight excluding hydrogens is 404 g/mol. The fourth-order valence-corrected chi connectivity index (χ4v) is 4.22. The molecular formula is C24H40N6O2. The highest BCUT2D eigenvalue weighted by molar-refractivity contribution is 5.80. The van der Waals surface area contributed by atoms with Crippen LogP contribution in [0.15, 0.2) is 35.3 Å². The Morgan fingerprint density at radius 1 is 1.09 bits per heavy atom. The molecule has 1 atom stereocenters. The average Bonchev–Trinajstić information content (AvgIpc) is 3.20. The van der Waals surface area contributed by atoms with Crippen LogP contribution in [-0.4, -0.2) is 97.8 Å². The molecule has 0 spiro atoms. The maximum absolute atomic E-state index is 12.0. The SMILES string of the molecule is CN=C(NCCN1CCN(Cc2ccccc2)CC1)N1CCC(NC(=O)OC(C)(C)C)C1. The summed E-state index contributed by atoms with van der Waals surface area (Å²) in [6.45, 7) is 14.6. The molecule has 2 aliphatic heterocycles. The largest absolute Gasteiger partial charge is 0.444 e. The summed E-state index contributed by atoms with van der Waals surface area (Å²) in [6.07, 6.45) is 0.544. The lowest BCUT2D eigenvalue weighted by Crippen LogP contribution is -2.49. The van der Waals surface area contributed by atoms with E-state index in [-0.39, 0.29) is 12.1 Å². The number of hydrogen-bond acceptors (Lipinski definition) is 5. The van der Waals surface area contributed by atoms with E-state index in [4.69, 9.17) is 4.74 Å². The first-order valence-corrected chi connectivity index (χ1v) is 11.8. The molecule has 1 aromatic carbocycles. The standard InChI is InChI=1S/C24H40N6O2/c1-24(2,3)32-23(31)27-21-10-12-30(19-21)22(25-4)26-11-13-28-14-16-29(17-15-28)18-20-8-6-5-7-9-20/h5-9,21H,10-19H2,1-4H3,(H,25,26)(H,27,31). The van der Waals surface area contributed by atoms with Crippen LogP contribution in [0.4, 0.5) is 4.79 Å². The van der Waals surface area contributed by atoms with Crippen LogP contribution in [0.5, 0.6) is 0 Å². The van der Waals surface area contributed by atoms with Crippen LogP contribution >= 0.6 is 0 Å². The minimum atomic E-state index is -0.479. The molecule has 8 nitrogen and oxygen atoms in total. The third-order valence-corrected chi connectivity index (χ3v) is 5.85. The van der Waals surface area contributed by atoms with Gasteiger partial charge < -0.3 is 20.3 Å². The van der Waals surface area contributed by atoms with Crippen molar-refractivity contribution >= 4 is 12.1 Å². The highest BCUT2D eigenvalue weighted by Gasteiger charge is 2.28. The van der Waals surface area contributed by atoms with Gasteiger partial charge in [-0.25, -0.2) is 4.79 Å². The molecule has 1 unspecified atom stereocenters. The highest BCUT2D eigenvalue weighted by Crippen LogP contribution is 2.12. The first-order valence-electron chi connectivity index (χ1n) is 11.8. The summed E-state index contributed by atoms with van der Waals surface area (Å²) < 4.78 is 5.37. The molecule has 2 aliphatic rings. The number of piperazine rings is 1. The van der Waals surface area contributed by atoms with Crippen LogP contribution in [-0.2, 0) is 11.3 Å². The Morgan fingerprint density at radius 3 is 2.44 bits per heavy atom. The molecule has 1 amide bonds. The van der Waals surface area contributed by atoms with E-state index in [2.05, 4.69) is 60.7 Å². The summed E-state index contributed by atoms with van der Waals surface area (Å²) in [5.74, 6) is 0.904. The molecule has 0 aliphatic carbocycles. The second-order valence-electron chi connectivity index (χ2n) is 9.66. The fourth-order valence-electron chi connectivity index (χ4n) is 4.22. The fraction of sp³-hybridized carbons (Fsp3) is 0.667. The van der Waals surface area contributed by atoms with Crippen molar-refractivity contribution in [3.63, 3.8) is 0 Å². The van der Waals surface area contributed by atoms with Gasteiger partial charge in [0.2, 0.25) is 0 Å². The first-order chi connectivity index (χ1) is 15.3. The molecule has 2 fully saturated rings. The average molecular weight is 445 g/mol. The maximum Gasteiger partial charge on any atom is 0.407 e. The summed E-state index contributed by atoms with van der Waals surface area (Å²) in [5.41, 5.74) is 0.906. The molecule has 178 valence electrons. The van der Waals surface area contributed by atoms with Crippen molar-refractivity contribution in [3.8, 4) is 0 Å². The molecule has 0 bridgehead atoms. The van der Waals surface area contributed by atoms with Crippen LogP contribution in [0, 0.1) is 0 Å². The predicted molar refractivity (Wildman–Crippen MR) is 129 cm³/mol. The Kier molecular flexibility index (Phi) is 8.75. The zero-order valence-corrected chi connectivity index (χ0v) is 20.1. The van der Waals surface area contributed by atoms with Gasteiger partial charge in [0, 0.05) is 66.0 Å². The quantitative estimate of drug-likeness (QED) is 0.516. The maximum atomic E-state index is 12.0. The number of hydrogen-bond donors (Lipinski definition) is 2. The molecule has 2 heterocycles. The minimum Gasteiger partial charge on any atom is -0.444 e. The number of nitrogens with one attached hydrogen (secondary N) is 2. The number of amides is 1. The van der Waals surface area contributed by atoms with Crippen molar-refractivity contribution < 1.29 is 9.53 Å². The molecule has 0 saturated carbocycles. The van der Waals surface area contributed by atoms with Gasteiger partial charge >= 0.3 is 6.09 Å². The first kappa shape index (κ1) is 24.3. The van der Waals surface area contributed by atoms with Gasteiger partial charge in [-0.1, -0.05) is 30.3 Å². The number of alkyl carbamates (subject to hydrolysis) is 1. The van der Waals surface area contributed by atoms with Crippen molar-refractivity contribution in [2.75, 3.05) is 59.4 Å². The number of ether oxygens (including phenoxy) is 1. The Balaban J connectivity index is 1.33. The van der Waals surface area contributed by atoms with Crippen LogP contribution in [0.1, 0.15) is 32.8 Å². The van der Waals surface area contributed by atoms with Crippen molar-refractivity contribution in [2.45, 2.75) is 45.4 Å². The Bertz CT molecular complexity index is 741. The number of aliphatic imine (C=N–C) groups is 1. The minimum absolute atomic E-state index is 0.0843. The van der Waals surface area contributed by atoms with E-state index in [1.165, 1.54) is 5.56 Å². The molecule has 3 rings (SSSR count). The monoisotopic (exact) mass is 444 g/mol. The Labute approximate surface area is 193 Å². The van der Waals surface area contributed by atoms with E-state index in [9.17, 15) is 4.79 Å². The van der Waals surface area contributed by atoms with Gasteiger partial charge in [-0.3, -0.25) is 14.8 Å². The smallest absolute Gasteiger partial charge is 0.407 e. The third kappa shape index (κ3) is 7.98. The zero-order chi connectivity index (χ0) is 23.0. The van der Waals surface area contributed by atoms with Gasteiger partial charge in [-0.05, 0) is 32.8 Å². The molecule has 0 aromatic heterocycles. The summed E-state index contributed by atoms with van der Waals surface area (Å²) >= 11 is 0. The molecule has 1 aromatic rings. The number of rotatable bonds is 6. The van der Waals surface area contributed by atoms with E-state index in [0.29, 0.717) is 0 Å². The molecule has 32 heavy (non-hydrogen) atoms. The van der Waals surface area contributed by atoms with Crippen molar-refractivity contribution in [2.24, 2.45) is 4.99 Å². The summed E-state index contributed by atoms with van der Waals surface area (Å²) in [6, 6.07) is 10.8. The number of guanidine groups is 1. The van der Waals surface area contributed by atoms with Gasteiger partial charge in [0.05, 0.1) is 6.04 Å². The lowest BCUT2D eigenvalue weighted by Gasteiger charge is -2.35. The van der Waals surface area contributed by atoms with Crippen LogP contribution in [0.3, 0.4) is 0 Å². The van der Waals surface area contributed by atoms with E-state index in [1.54, 1.807) is 0 Å². The van der Waals surface area contributed by atoms with E-state index < -0.39 is 5.60 Å². The topological polar surface area (TPSA) is 72.4 Å². The summed E-state index contributed by atoms with van der Waals surface area (Å²) in [5, 5.41) is 6.47. The van der Waals surface area contributed by atoms with Gasteiger partial charge in [0.25, 0.3) is 0 Å². The number of likely N-dealkylation sites (tertiary alicyclic amines) is 1. The van der Waals surface area contributed by atoms with Crippen molar-refractivity contribution in [1.82, 2.24) is 25.3 Å². The van der Waals surface area contributed by atoms with E-state index in [1.807, 2.05) is 27.8 Å². The molecule has 2 saturated heterocycles. The van der Waals surface area contributed by atoms with Crippen LogP contribution in [0.2, 0.25) is 0 Å². The van der Waals surface area contributed by atoms with Crippen molar-refractivity contribution in [1.29, 1.82) is 0 Å². The summed E-state index contributed by atoms with van der Waals surface area (Å²) in [4.78, 5) is 23.7. The van der Waals surface area contributed by atoms with Crippen LogP contribution in [0.25, 0.3) is 0 Å². The van der Waals surface area contributed by atoms with Gasteiger partial charge in [0.1, 0.15) is 5.60 Å². The molecule has 2 N–H and O–H groups in total. The molecule has 8 heteroatoms. The molecule has 0 radical (unpaired) electrons. The van der Waals surface area contributed by atoms with E-state index >= 15 is 0 Å². The predicted octanol–water partition coefficient (Wildman–Crippen LogP) is 1.98. The van der Waals surface area contributed by atoms with Gasteiger partial charge in [-0.15, -0.1) is 0 Å². The number of nitrogens with zero attached hydrogens (tertiary/aromatic N) is 4. The summed E-state index contributed by atoms with van der Waals surface area (Å²) in [7, 11) is 1.82. The third-order valence-electron chi connectivity index (χ3n) is 5.85. The van der Waals surface area contributed by atoms with Crippen molar-refractivity contribution in [3.05, 3.63) is 35.9 Å². The van der Waals surface area contributed by atoms with Gasteiger partial charge in [0.15, 0.2) is 5.96 Å². The zero-order valence-electron chi connectivity index (χ0n) is 20.1. The van der Waals surface area contributed by atoms with Gasteiger partial charge in [-0.2, -0.15) is 0 Å². The number of carbonyl (C=O) groups excluding carboxylic acids is 1. The normalized spacial score (nSPS) is 20.9. The lowest BCUT2D eigenvalue weighted by atomic mass is 10.2. The van der Waals surface area contributed by atoms with E-state index in [0.717, 1.165) is 71.3 Å². The van der Waals surface area contributed by atoms with Crippen LogP contribution < -0.4 is 10.6 Å². The number of benzene rings is 1. The Morgan fingerprint density at radius 2 is 1.78 bits per heavy atom. The lowest BCUT2D eigenvalue weighted by molar-refractivity contribution is 0.0507. The Hall–Kier alpha value is -2.32. The second-order valence-corrected chi connectivity index (χ2v) is 9.66. The second kappa shape index (κ2) is 11.5.